The van der Waals surface area contributed by atoms with Gasteiger partial charge < -0.3 is 20.1 Å². The van der Waals surface area contributed by atoms with E-state index in [1.165, 1.54) is 13.3 Å². The number of aromatic carboxylic acids is 1. The number of carboxylic acids is 1. The normalized spacial score (nSPS) is 16.2. The second kappa shape index (κ2) is 8.66. The molecule has 0 aliphatic heterocycles. The fraction of sp³-hybridized carbons (Fsp3) is 0.292. The number of rotatable bonds is 5. The molecule has 2 aromatic heterocycles. The Morgan fingerprint density at radius 1 is 1.23 bits per heavy atom. The molecule has 2 amide bonds. The molecular formula is C24H22N4O6S. The van der Waals surface area contributed by atoms with Gasteiger partial charge in [0.2, 0.25) is 5.43 Å². The summed E-state index contributed by atoms with van der Waals surface area (Å²) >= 11 is 1.57. The standard InChI is InChI=1S/C24H22N4O6S/c1-34-21-12(7-8-13-19(21)28(11-5-6-11)10-15(20(13)29)24(32)33)18-9-14-16(3-2-4-17(14)35-18)26-27-23(31)22(25)30/h7-11H,2-6H2,1H3,(H2,25,30)(H,27,31)(H,32,33)/b26-16+. The van der Waals surface area contributed by atoms with E-state index in [2.05, 4.69) is 10.5 Å². The van der Waals surface area contributed by atoms with Crippen LogP contribution in [0, 0.1) is 0 Å². The number of aryl methyl sites for hydroxylation is 1. The molecule has 5 rings (SSSR count). The van der Waals surface area contributed by atoms with Crippen LogP contribution in [0.2, 0.25) is 0 Å². The van der Waals surface area contributed by atoms with E-state index in [1.807, 2.05) is 10.6 Å². The Morgan fingerprint density at radius 3 is 2.66 bits per heavy atom. The van der Waals surface area contributed by atoms with E-state index in [0.717, 1.165) is 46.6 Å². The van der Waals surface area contributed by atoms with E-state index < -0.39 is 23.2 Å². The van der Waals surface area contributed by atoms with Gasteiger partial charge in [0.1, 0.15) is 5.56 Å². The van der Waals surface area contributed by atoms with Gasteiger partial charge in [-0.3, -0.25) is 14.4 Å². The number of pyridine rings is 1. The molecule has 2 aliphatic carbocycles. The third kappa shape index (κ3) is 3.97. The van der Waals surface area contributed by atoms with Crippen LogP contribution in [0.3, 0.4) is 0 Å². The number of fused-ring (bicyclic) bond motifs is 2. The lowest BCUT2D eigenvalue weighted by Crippen LogP contribution is -2.33. The summed E-state index contributed by atoms with van der Waals surface area (Å²) in [5.41, 5.74) is 9.28. The van der Waals surface area contributed by atoms with Gasteiger partial charge in [-0.1, -0.05) is 0 Å². The SMILES string of the molecule is COc1c(-c2cc3c(s2)CCC/C3=N\NC(=O)C(N)=O)ccc2c(=O)c(C(=O)O)cn(C3CC3)c12. The van der Waals surface area contributed by atoms with Crippen molar-refractivity contribution in [2.24, 2.45) is 10.8 Å². The molecule has 2 aliphatic rings. The number of methoxy groups -OCH3 is 1. The van der Waals surface area contributed by atoms with Crippen LogP contribution in [0.4, 0.5) is 0 Å². The van der Waals surface area contributed by atoms with Crippen LogP contribution in [-0.4, -0.2) is 40.3 Å². The quantitative estimate of drug-likeness (QED) is 0.366. The lowest BCUT2D eigenvalue weighted by molar-refractivity contribution is -0.137. The van der Waals surface area contributed by atoms with E-state index in [1.54, 1.807) is 23.5 Å². The molecule has 11 heteroatoms. The van der Waals surface area contributed by atoms with Gasteiger partial charge in [-0.15, -0.1) is 11.3 Å². The zero-order chi connectivity index (χ0) is 24.9. The topological polar surface area (TPSA) is 153 Å². The number of ether oxygens (including phenoxy) is 1. The molecule has 0 atom stereocenters. The Labute approximate surface area is 203 Å². The number of carbonyl (C=O) groups excluding carboxylic acids is 2. The molecule has 2 heterocycles. The molecule has 0 unspecified atom stereocenters. The summed E-state index contributed by atoms with van der Waals surface area (Å²) in [7, 11) is 1.53. The predicted octanol–water partition coefficient (Wildman–Crippen LogP) is 2.41. The van der Waals surface area contributed by atoms with E-state index in [0.29, 0.717) is 28.8 Å². The molecule has 10 nitrogen and oxygen atoms in total. The Balaban J connectivity index is 1.66. The number of hydrogen-bond acceptors (Lipinski definition) is 7. The Morgan fingerprint density at radius 2 is 2.00 bits per heavy atom. The van der Waals surface area contributed by atoms with E-state index in [9.17, 15) is 24.3 Å². The first-order valence-corrected chi connectivity index (χ1v) is 11.9. The highest BCUT2D eigenvalue weighted by atomic mass is 32.1. The zero-order valence-electron chi connectivity index (χ0n) is 18.8. The lowest BCUT2D eigenvalue weighted by Gasteiger charge is -2.17. The lowest BCUT2D eigenvalue weighted by atomic mass is 9.96. The van der Waals surface area contributed by atoms with Gasteiger partial charge in [0.25, 0.3) is 0 Å². The Hall–Kier alpha value is -3.99. The van der Waals surface area contributed by atoms with Crippen molar-refractivity contribution in [1.82, 2.24) is 9.99 Å². The van der Waals surface area contributed by atoms with Gasteiger partial charge >= 0.3 is 17.8 Å². The van der Waals surface area contributed by atoms with Crippen molar-refractivity contribution < 1.29 is 24.2 Å². The first-order valence-electron chi connectivity index (χ1n) is 11.1. The van der Waals surface area contributed by atoms with Crippen LogP contribution in [0.1, 0.15) is 52.5 Å². The minimum Gasteiger partial charge on any atom is -0.494 e. The zero-order valence-corrected chi connectivity index (χ0v) is 19.6. The van der Waals surface area contributed by atoms with Crippen LogP contribution in [0.5, 0.6) is 5.75 Å². The van der Waals surface area contributed by atoms with Crippen molar-refractivity contribution in [3.63, 3.8) is 0 Å². The maximum atomic E-state index is 12.9. The third-order valence-corrected chi connectivity index (χ3v) is 7.47. The number of benzene rings is 1. The fourth-order valence-corrected chi connectivity index (χ4v) is 5.69. The summed E-state index contributed by atoms with van der Waals surface area (Å²) in [6.07, 6.45) is 5.53. The number of nitrogens with two attached hydrogens (primary N) is 1. The van der Waals surface area contributed by atoms with Gasteiger partial charge in [-0.05, 0) is 50.3 Å². The van der Waals surface area contributed by atoms with E-state index in [-0.39, 0.29) is 11.6 Å². The summed E-state index contributed by atoms with van der Waals surface area (Å²) in [5.74, 6) is -2.84. The van der Waals surface area contributed by atoms with Crippen LogP contribution in [0.25, 0.3) is 21.3 Å². The number of amides is 2. The van der Waals surface area contributed by atoms with Crippen LogP contribution >= 0.6 is 11.3 Å². The number of primary amides is 1. The molecule has 180 valence electrons. The highest BCUT2D eigenvalue weighted by Crippen LogP contribution is 2.45. The number of nitrogens with one attached hydrogen (secondary N) is 1. The average molecular weight is 495 g/mol. The van der Waals surface area contributed by atoms with E-state index in [4.69, 9.17) is 10.5 Å². The molecule has 1 aromatic carbocycles. The van der Waals surface area contributed by atoms with Crippen LogP contribution in [-0.2, 0) is 16.0 Å². The van der Waals surface area contributed by atoms with Gasteiger partial charge in [0, 0.05) is 33.1 Å². The van der Waals surface area contributed by atoms with Crippen molar-refractivity contribution in [1.29, 1.82) is 0 Å². The number of nitrogens with zero attached hydrogens (tertiary/aromatic N) is 2. The third-order valence-electron chi connectivity index (χ3n) is 6.24. The first-order chi connectivity index (χ1) is 16.8. The maximum absolute atomic E-state index is 12.9. The number of carbonyl (C=O) groups is 3. The second-order valence-corrected chi connectivity index (χ2v) is 9.66. The number of hydrogen-bond donors (Lipinski definition) is 3. The monoisotopic (exact) mass is 494 g/mol. The van der Waals surface area contributed by atoms with Gasteiger partial charge in [0.15, 0.2) is 5.75 Å². The molecule has 1 fully saturated rings. The molecule has 0 radical (unpaired) electrons. The van der Waals surface area contributed by atoms with Gasteiger partial charge in [-0.25, -0.2) is 10.2 Å². The molecular weight excluding hydrogens is 472 g/mol. The number of aromatic nitrogens is 1. The fourth-order valence-electron chi connectivity index (χ4n) is 4.44. The van der Waals surface area contributed by atoms with Crippen molar-refractivity contribution in [3.8, 4) is 16.2 Å². The summed E-state index contributed by atoms with van der Waals surface area (Å²) in [4.78, 5) is 49.1. The number of hydrazone groups is 1. The van der Waals surface area contributed by atoms with Crippen molar-refractivity contribution in [2.45, 2.75) is 38.1 Å². The van der Waals surface area contributed by atoms with Crippen LogP contribution in [0.15, 0.2) is 34.3 Å². The highest BCUT2D eigenvalue weighted by molar-refractivity contribution is 7.16. The summed E-state index contributed by atoms with van der Waals surface area (Å²) in [5, 5.41) is 14.0. The molecule has 0 bridgehead atoms. The maximum Gasteiger partial charge on any atom is 0.341 e. The molecule has 1 saturated carbocycles. The molecule has 4 N–H and O–H groups in total. The summed E-state index contributed by atoms with van der Waals surface area (Å²) < 4.78 is 7.66. The van der Waals surface area contributed by atoms with Gasteiger partial charge in [0.05, 0.1) is 23.7 Å². The summed E-state index contributed by atoms with van der Waals surface area (Å²) in [6, 6.07) is 5.50. The number of carboxylic acid groups (broad SMARTS) is 1. The summed E-state index contributed by atoms with van der Waals surface area (Å²) in [6.45, 7) is 0. The highest BCUT2D eigenvalue weighted by Gasteiger charge is 2.30. The Kier molecular flexibility index (Phi) is 5.64. The van der Waals surface area contributed by atoms with Crippen LogP contribution < -0.4 is 21.3 Å². The molecule has 0 spiro atoms. The first kappa shape index (κ1) is 22.8. The van der Waals surface area contributed by atoms with Crippen molar-refractivity contribution in [2.75, 3.05) is 7.11 Å². The van der Waals surface area contributed by atoms with E-state index >= 15 is 0 Å². The van der Waals surface area contributed by atoms with Crippen molar-refractivity contribution in [3.05, 3.63) is 50.6 Å². The Bertz CT molecular complexity index is 1500. The smallest absolute Gasteiger partial charge is 0.341 e. The molecule has 3 aromatic rings. The molecule has 0 saturated heterocycles. The predicted molar refractivity (Wildman–Crippen MR) is 130 cm³/mol. The average Bonchev–Trinajstić information content (AvgIpc) is 3.59. The van der Waals surface area contributed by atoms with Gasteiger partial charge in [-0.2, -0.15) is 5.10 Å². The minimum absolute atomic E-state index is 0.115. The minimum atomic E-state index is -1.25. The molecule has 35 heavy (non-hydrogen) atoms. The number of thiophene rings is 1. The van der Waals surface area contributed by atoms with Crippen molar-refractivity contribution >= 4 is 45.7 Å². The second-order valence-electron chi connectivity index (χ2n) is 8.52. The largest absolute Gasteiger partial charge is 0.494 e.